The zero-order chi connectivity index (χ0) is 14.0. The molecule has 0 bridgehead atoms. The van der Waals surface area contributed by atoms with Crippen LogP contribution in [0.3, 0.4) is 0 Å². The Balaban J connectivity index is 2.50. The van der Waals surface area contributed by atoms with Gasteiger partial charge in [0.05, 0.1) is 5.56 Å². The molecule has 0 saturated carbocycles. The number of alkyl halides is 3. The molecule has 0 aliphatic heterocycles. The van der Waals surface area contributed by atoms with E-state index < -0.39 is 11.7 Å². The van der Waals surface area contributed by atoms with Gasteiger partial charge in [-0.1, -0.05) is 23.9 Å². The van der Waals surface area contributed by atoms with Crippen LogP contribution < -0.4 is 5.73 Å². The van der Waals surface area contributed by atoms with Crippen molar-refractivity contribution in [3.63, 3.8) is 0 Å². The quantitative estimate of drug-likeness (QED) is 0.860. The predicted molar refractivity (Wildman–Crippen MR) is 66.5 cm³/mol. The molecule has 2 N–H and O–H groups in total. The Morgan fingerprint density at radius 2 is 1.89 bits per heavy atom. The molecule has 2 rings (SSSR count). The van der Waals surface area contributed by atoms with Crippen LogP contribution in [0.2, 0.25) is 0 Å². The summed E-state index contributed by atoms with van der Waals surface area (Å²) in [6.07, 6.45) is -2.67. The molecule has 100 valence electrons. The molecule has 0 aliphatic rings. The van der Waals surface area contributed by atoms with E-state index in [0.717, 1.165) is 12.1 Å². The molecule has 8 heteroatoms. The number of rotatable bonds is 2. The number of thioether (sulfide) groups is 1. The molecule has 0 fully saturated rings. The lowest BCUT2D eigenvalue weighted by atomic mass is 10.1. The summed E-state index contributed by atoms with van der Waals surface area (Å²) >= 11 is 1.24. The van der Waals surface area contributed by atoms with E-state index in [2.05, 4.69) is 15.0 Å². The van der Waals surface area contributed by atoms with Crippen molar-refractivity contribution in [3.8, 4) is 11.4 Å². The SMILES string of the molecule is CSc1nc(N)nc(-c2cccc(C(F)(F)F)c2)n1. The Morgan fingerprint density at radius 1 is 1.16 bits per heavy atom. The molecule has 0 atom stereocenters. The number of nitrogen functional groups attached to an aromatic ring is 1. The van der Waals surface area contributed by atoms with Crippen LogP contribution in [0.15, 0.2) is 29.4 Å². The summed E-state index contributed by atoms with van der Waals surface area (Å²) in [7, 11) is 0. The maximum Gasteiger partial charge on any atom is 0.416 e. The minimum atomic E-state index is -4.41. The number of aromatic nitrogens is 3. The summed E-state index contributed by atoms with van der Waals surface area (Å²) in [5, 5.41) is 0.361. The van der Waals surface area contributed by atoms with Gasteiger partial charge in [0.15, 0.2) is 11.0 Å². The molecule has 0 spiro atoms. The summed E-state index contributed by atoms with van der Waals surface area (Å²) in [6.45, 7) is 0. The fourth-order valence-electron chi connectivity index (χ4n) is 1.43. The maximum atomic E-state index is 12.6. The highest BCUT2D eigenvalue weighted by Gasteiger charge is 2.30. The van der Waals surface area contributed by atoms with Crippen LogP contribution in [0.5, 0.6) is 0 Å². The zero-order valence-corrected chi connectivity index (χ0v) is 10.6. The number of nitrogens with two attached hydrogens (primary N) is 1. The van der Waals surface area contributed by atoms with E-state index >= 15 is 0 Å². The third kappa shape index (κ3) is 3.14. The van der Waals surface area contributed by atoms with E-state index in [1.807, 2.05) is 0 Å². The van der Waals surface area contributed by atoms with Crippen molar-refractivity contribution in [1.82, 2.24) is 15.0 Å². The zero-order valence-electron chi connectivity index (χ0n) is 9.77. The molecule has 0 unspecified atom stereocenters. The van der Waals surface area contributed by atoms with Crippen LogP contribution in [-0.4, -0.2) is 21.2 Å². The highest BCUT2D eigenvalue weighted by Crippen LogP contribution is 2.31. The maximum absolute atomic E-state index is 12.6. The van der Waals surface area contributed by atoms with Gasteiger partial charge in [0.2, 0.25) is 5.95 Å². The molecule has 0 saturated heterocycles. The molecule has 2 aromatic rings. The monoisotopic (exact) mass is 286 g/mol. The van der Waals surface area contributed by atoms with Crippen LogP contribution in [0, 0.1) is 0 Å². The minimum absolute atomic E-state index is 0.0215. The highest BCUT2D eigenvalue weighted by molar-refractivity contribution is 7.98. The molecule has 4 nitrogen and oxygen atoms in total. The minimum Gasteiger partial charge on any atom is -0.368 e. The summed E-state index contributed by atoms with van der Waals surface area (Å²) in [6, 6.07) is 4.77. The number of anilines is 1. The normalized spacial score (nSPS) is 11.6. The van der Waals surface area contributed by atoms with Crippen LogP contribution in [0.4, 0.5) is 19.1 Å². The van der Waals surface area contributed by atoms with Crippen molar-refractivity contribution in [1.29, 1.82) is 0 Å². The largest absolute Gasteiger partial charge is 0.416 e. The van der Waals surface area contributed by atoms with Gasteiger partial charge in [-0.05, 0) is 18.4 Å². The van der Waals surface area contributed by atoms with Crippen molar-refractivity contribution in [3.05, 3.63) is 29.8 Å². The topological polar surface area (TPSA) is 64.7 Å². The second-order valence-corrected chi connectivity index (χ2v) is 4.36. The van der Waals surface area contributed by atoms with E-state index in [1.165, 1.54) is 23.9 Å². The lowest BCUT2D eigenvalue weighted by Crippen LogP contribution is -2.06. The van der Waals surface area contributed by atoms with Crippen LogP contribution in [0.1, 0.15) is 5.56 Å². The van der Waals surface area contributed by atoms with Crippen LogP contribution in [0.25, 0.3) is 11.4 Å². The molecule has 19 heavy (non-hydrogen) atoms. The van der Waals surface area contributed by atoms with Gasteiger partial charge >= 0.3 is 6.18 Å². The van der Waals surface area contributed by atoms with Crippen LogP contribution >= 0.6 is 11.8 Å². The van der Waals surface area contributed by atoms with Gasteiger partial charge in [0, 0.05) is 5.56 Å². The Labute approximate surface area is 111 Å². The fourth-order valence-corrected chi connectivity index (χ4v) is 1.79. The Morgan fingerprint density at radius 3 is 2.53 bits per heavy atom. The number of benzene rings is 1. The summed E-state index contributed by atoms with van der Waals surface area (Å²) < 4.78 is 37.9. The second-order valence-electron chi connectivity index (χ2n) is 3.58. The van der Waals surface area contributed by atoms with E-state index in [-0.39, 0.29) is 17.3 Å². The molecule has 1 aromatic carbocycles. The summed E-state index contributed by atoms with van der Waals surface area (Å²) in [5.74, 6) is 0.106. The lowest BCUT2D eigenvalue weighted by Gasteiger charge is -2.08. The van der Waals surface area contributed by atoms with Gasteiger partial charge in [0.1, 0.15) is 0 Å². The number of halogens is 3. The number of nitrogens with zero attached hydrogens (tertiary/aromatic N) is 3. The molecule has 1 heterocycles. The Kier molecular flexibility index (Phi) is 3.61. The van der Waals surface area contributed by atoms with Crippen molar-refractivity contribution in [2.45, 2.75) is 11.3 Å². The third-order valence-corrected chi connectivity index (χ3v) is 2.81. The van der Waals surface area contributed by atoms with Crippen molar-refractivity contribution in [2.75, 3.05) is 12.0 Å². The first kappa shape index (κ1) is 13.6. The first-order valence-electron chi connectivity index (χ1n) is 5.13. The average molecular weight is 286 g/mol. The van der Waals surface area contributed by atoms with Gasteiger partial charge in [0.25, 0.3) is 0 Å². The third-order valence-electron chi connectivity index (χ3n) is 2.26. The van der Waals surface area contributed by atoms with Crippen LogP contribution in [-0.2, 0) is 6.18 Å². The molecular weight excluding hydrogens is 277 g/mol. The van der Waals surface area contributed by atoms with Crippen molar-refractivity contribution < 1.29 is 13.2 Å². The smallest absolute Gasteiger partial charge is 0.368 e. The Bertz CT molecular complexity index is 601. The number of hydrogen-bond acceptors (Lipinski definition) is 5. The van der Waals surface area contributed by atoms with Gasteiger partial charge in [-0.3, -0.25) is 0 Å². The first-order chi connectivity index (χ1) is 8.90. The van der Waals surface area contributed by atoms with Crippen molar-refractivity contribution in [2.24, 2.45) is 0 Å². The van der Waals surface area contributed by atoms with Gasteiger partial charge < -0.3 is 5.73 Å². The molecule has 1 aromatic heterocycles. The Hall–Kier alpha value is -1.83. The highest BCUT2D eigenvalue weighted by atomic mass is 32.2. The standard InChI is InChI=1S/C11H9F3N4S/c1-19-10-17-8(16-9(15)18-10)6-3-2-4-7(5-6)11(12,13)14/h2-5H,1H3,(H2,15,16,17,18). The molecule has 0 radical (unpaired) electrons. The van der Waals surface area contributed by atoms with Gasteiger partial charge in [-0.25, -0.2) is 4.98 Å². The number of hydrogen-bond donors (Lipinski definition) is 1. The molecular formula is C11H9F3N4S. The lowest BCUT2D eigenvalue weighted by molar-refractivity contribution is -0.137. The van der Waals surface area contributed by atoms with E-state index in [9.17, 15) is 13.2 Å². The first-order valence-corrected chi connectivity index (χ1v) is 6.36. The fraction of sp³-hybridized carbons (Fsp3) is 0.182. The van der Waals surface area contributed by atoms with E-state index in [0.29, 0.717) is 5.16 Å². The summed E-state index contributed by atoms with van der Waals surface area (Å²) in [5.41, 5.74) is 4.99. The summed E-state index contributed by atoms with van der Waals surface area (Å²) in [4.78, 5) is 11.7. The van der Waals surface area contributed by atoms with Gasteiger partial charge in [-0.2, -0.15) is 23.1 Å². The molecule has 0 amide bonds. The van der Waals surface area contributed by atoms with Crippen molar-refractivity contribution >= 4 is 17.7 Å². The van der Waals surface area contributed by atoms with Gasteiger partial charge in [-0.15, -0.1) is 0 Å². The second kappa shape index (κ2) is 5.04. The average Bonchev–Trinajstić information content (AvgIpc) is 2.37. The van der Waals surface area contributed by atoms with E-state index in [1.54, 1.807) is 6.26 Å². The predicted octanol–water partition coefficient (Wildman–Crippen LogP) is 2.86. The van der Waals surface area contributed by atoms with E-state index in [4.69, 9.17) is 5.73 Å². The molecule has 0 aliphatic carbocycles.